The number of rotatable bonds is 5. The van der Waals surface area contributed by atoms with Gasteiger partial charge in [0, 0.05) is 17.5 Å². The van der Waals surface area contributed by atoms with Gasteiger partial charge in [-0.25, -0.2) is 0 Å². The lowest BCUT2D eigenvalue weighted by atomic mass is 9.79. The highest BCUT2D eigenvalue weighted by Crippen LogP contribution is 2.38. The molecule has 0 fully saturated rings. The number of aryl methyl sites for hydroxylation is 2. The van der Waals surface area contributed by atoms with Gasteiger partial charge in [0.25, 0.3) is 0 Å². The summed E-state index contributed by atoms with van der Waals surface area (Å²) in [5, 5.41) is 3.36. The first-order valence-corrected chi connectivity index (χ1v) is 7.39. The van der Waals surface area contributed by atoms with E-state index in [1.807, 2.05) is 0 Å². The van der Waals surface area contributed by atoms with Gasteiger partial charge < -0.3 is 10.1 Å². The van der Waals surface area contributed by atoms with Gasteiger partial charge in [0.2, 0.25) is 0 Å². The Labute approximate surface area is 119 Å². The smallest absolute Gasteiger partial charge is 0.126 e. The van der Waals surface area contributed by atoms with E-state index in [9.17, 15) is 0 Å². The van der Waals surface area contributed by atoms with Crippen molar-refractivity contribution in [2.75, 3.05) is 19.1 Å². The molecule has 0 radical (unpaired) electrons. The van der Waals surface area contributed by atoms with E-state index in [4.69, 9.17) is 4.74 Å². The molecule has 0 saturated heterocycles. The van der Waals surface area contributed by atoms with Crippen molar-refractivity contribution in [1.82, 2.24) is 5.32 Å². The van der Waals surface area contributed by atoms with Crippen molar-refractivity contribution in [3.8, 4) is 5.75 Å². The van der Waals surface area contributed by atoms with Gasteiger partial charge in [0.1, 0.15) is 5.75 Å². The second-order valence-corrected chi connectivity index (χ2v) is 6.05. The normalized spacial score (nSPS) is 11.7. The first-order chi connectivity index (χ1) is 8.35. The van der Waals surface area contributed by atoms with Gasteiger partial charge >= 0.3 is 0 Å². The molecule has 0 heterocycles. The van der Waals surface area contributed by atoms with Crippen LogP contribution in [0, 0.1) is 20.8 Å². The van der Waals surface area contributed by atoms with Crippen LogP contribution in [0.4, 0.5) is 0 Å². The maximum Gasteiger partial charge on any atom is 0.126 e. The standard InChI is InChI=1S/C15H24BrNO/c1-10-7-11(2)13(14(18-6)12(10)3)15(4,5)8-17-9-16/h7,17H,8-9H2,1-6H3. The first kappa shape index (κ1) is 15.5. The topological polar surface area (TPSA) is 21.3 Å². The van der Waals surface area contributed by atoms with E-state index in [2.05, 4.69) is 61.9 Å². The van der Waals surface area contributed by atoms with Gasteiger partial charge in [0.15, 0.2) is 0 Å². The van der Waals surface area contributed by atoms with E-state index in [1.54, 1.807) is 7.11 Å². The number of ether oxygens (including phenoxy) is 1. The Morgan fingerprint density at radius 2 is 1.83 bits per heavy atom. The Morgan fingerprint density at radius 1 is 1.22 bits per heavy atom. The number of nitrogens with one attached hydrogen (secondary N) is 1. The lowest BCUT2D eigenvalue weighted by Crippen LogP contribution is -2.33. The summed E-state index contributed by atoms with van der Waals surface area (Å²) in [6, 6.07) is 2.25. The summed E-state index contributed by atoms with van der Waals surface area (Å²) >= 11 is 3.41. The number of halogens is 1. The number of hydrogen-bond donors (Lipinski definition) is 1. The molecular formula is C15H24BrNO. The van der Waals surface area contributed by atoms with Crippen molar-refractivity contribution in [2.45, 2.75) is 40.0 Å². The third-order valence-electron chi connectivity index (χ3n) is 3.53. The molecule has 102 valence electrons. The van der Waals surface area contributed by atoms with Crippen molar-refractivity contribution in [3.05, 3.63) is 28.3 Å². The molecule has 2 nitrogen and oxygen atoms in total. The Kier molecular flexibility index (Phi) is 5.23. The summed E-state index contributed by atoms with van der Waals surface area (Å²) in [5.41, 5.74) is 5.99. The van der Waals surface area contributed by atoms with Crippen LogP contribution in [0.15, 0.2) is 6.07 Å². The molecule has 0 aliphatic rings. The zero-order valence-corrected chi connectivity index (χ0v) is 13.9. The molecule has 0 saturated carbocycles. The molecule has 0 aliphatic carbocycles. The monoisotopic (exact) mass is 313 g/mol. The highest BCUT2D eigenvalue weighted by molar-refractivity contribution is 9.09. The van der Waals surface area contributed by atoms with Crippen molar-refractivity contribution in [2.24, 2.45) is 0 Å². The Morgan fingerprint density at radius 3 is 2.33 bits per heavy atom. The molecule has 0 spiro atoms. The minimum atomic E-state index is 0.0433. The fourth-order valence-electron chi connectivity index (χ4n) is 2.60. The number of alkyl halides is 1. The second-order valence-electron chi connectivity index (χ2n) is 5.49. The van der Waals surface area contributed by atoms with E-state index in [0.717, 1.165) is 17.7 Å². The van der Waals surface area contributed by atoms with Crippen molar-refractivity contribution < 1.29 is 4.74 Å². The minimum Gasteiger partial charge on any atom is -0.496 e. The predicted octanol–water partition coefficient (Wildman–Crippen LogP) is 3.84. The highest BCUT2D eigenvalue weighted by atomic mass is 79.9. The van der Waals surface area contributed by atoms with Crippen molar-refractivity contribution >= 4 is 15.9 Å². The van der Waals surface area contributed by atoms with E-state index >= 15 is 0 Å². The number of methoxy groups -OCH3 is 1. The molecule has 3 heteroatoms. The molecule has 0 aliphatic heterocycles. The average molecular weight is 314 g/mol. The Balaban J connectivity index is 3.34. The molecule has 0 amide bonds. The van der Waals surface area contributed by atoms with Crippen molar-refractivity contribution in [3.63, 3.8) is 0 Å². The Hall–Kier alpha value is -0.540. The fraction of sp³-hybridized carbons (Fsp3) is 0.600. The van der Waals surface area contributed by atoms with Gasteiger partial charge in [-0.2, -0.15) is 0 Å². The lowest BCUT2D eigenvalue weighted by Gasteiger charge is -2.30. The van der Waals surface area contributed by atoms with Crippen LogP contribution in [0.3, 0.4) is 0 Å². The maximum atomic E-state index is 5.66. The molecule has 0 unspecified atom stereocenters. The summed E-state index contributed by atoms with van der Waals surface area (Å²) in [4.78, 5) is 0. The molecule has 1 rings (SSSR count). The quantitative estimate of drug-likeness (QED) is 0.658. The summed E-state index contributed by atoms with van der Waals surface area (Å²) in [7, 11) is 1.76. The van der Waals surface area contributed by atoms with Gasteiger partial charge in [-0.05, 0) is 37.5 Å². The second kappa shape index (κ2) is 6.07. The zero-order valence-electron chi connectivity index (χ0n) is 12.3. The maximum absolute atomic E-state index is 5.66. The largest absolute Gasteiger partial charge is 0.496 e. The predicted molar refractivity (Wildman–Crippen MR) is 82.0 cm³/mol. The van der Waals surface area contributed by atoms with Crippen LogP contribution in [0.1, 0.15) is 36.1 Å². The molecule has 0 bridgehead atoms. The molecule has 0 aromatic heterocycles. The molecular weight excluding hydrogens is 290 g/mol. The van der Waals surface area contributed by atoms with Crippen molar-refractivity contribution in [1.29, 1.82) is 0 Å². The highest BCUT2D eigenvalue weighted by Gasteiger charge is 2.27. The van der Waals surface area contributed by atoms with Crippen LogP contribution in [0.2, 0.25) is 0 Å². The molecule has 0 atom stereocenters. The fourth-order valence-corrected chi connectivity index (χ4v) is 2.79. The van der Waals surface area contributed by atoms with Gasteiger partial charge in [-0.1, -0.05) is 35.8 Å². The van der Waals surface area contributed by atoms with E-state index in [1.165, 1.54) is 22.3 Å². The summed E-state index contributed by atoms with van der Waals surface area (Å²) in [6.45, 7) is 11.9. The van der Waals surface area contributed by atoms with Crippen LogP contribution in [0.5, 0.6) is 5.75 Å². The third-order valence-corrected chi connectivity index (χ3v) is 3.93. The van der Waals surface area contributed by atoms with E-state index in [0.29, 0.717) is 0 Å². The van der Waals surface area contributed by atoms with Crippen LogP contribution in [0.25, 0.3) is 0 Å². The lowest BCUT2D eigenvalue weighted by molar-refractivity contribution is 0.384. The summed E-state index contributed by atoms with van der Waals surface area (Å²) in [6.07, 6.45) is 0. The third kappa shape index (κ3) is 3.07. The first-order valence-electron chi connectivity index (χ1n) is 6.27. The number of hydrogen-bond acceptors (Lipinski definition) is 2. The average Bonchev–Trinajstić information content (AvgIpc) is 2.30. The zero-order chi connectivity index (χ0) is 13.9. The van der Waals surface area contributed by atoms with Gasteiger partial charge in [-0.3, -0.25) is 0 Å². The van der Waals surface area contributed by atoms with Crippen LogP contribution >= 0.6 is 15.9 Å². The SMILES string of the molecule is COc1c(C)c(C)cc(C)c1C(C)(C)CNCBr. The molecule has 1 aromatic carbocycles. The van der Waals surface area contributed by atoms with E-state index < -0.39 is 0 Å². The summed E-state index contributed by atoms with van der Waals surface area (Å²) < 4.78 is 5.66. The van der Waals surface area contributed by atoms with Crippen LogP contribution < -0.4 is 10.1 Å². The molecule has 18 heavy (non-hydrogen) atoms. The van der Waals surface area contributed by atoms with Gasteiger partial charge in [-0.15, -0.1) is 0 Å². The van der Waals surface area contributed by atoms with E-state index in [-0.39, 0.29) is 5.41 Å². The Bertz CT molecular complexity index is 427. The van der Waals surface area contributed by atoms with Crippen LogP contribution in [-0.2, 0) is 5.41 Å². The minimum absolute atomic E-state index is 0.0433. The van der Waals surface area contributed by atoms with Gasteiger partial charge in [0.05, 0.1) is 12.6 Å². The molecule has 1 N–H and O–H groups in total. The number of benzene rings is 1. The summed E-state index contributed by atoms with van der Waals surface area (Å²) in [5.74, 6) is 1.04. The molecule has 1 aromatic rings. The van der Waals surface area contributed by atoms with Crippen LogP contribution in [-0.4, -0.2) is 19.1 Å².